The highest BCUT2D eigenvalue weighted by Crippen LogP contribution is 2.07. The first kappa shape index (κ1) is 14.2. The van der Waals surface area contributed by atoms with Crippen LogP contribution in [0, 0.1) is 5.92 Å². The van der Waals surface area contributed by atoms with Gasteiger partial charge in [0.15, 0.2) is 5.82 Å². The van der Waals surface area contributed by atoms with Crippen molar-refractivity contribution in [3.8, 4) is 0 Å². The molecule has 0 unspecified atom stereocenters. The second-order valence-corrected chi connectivity index (χ2v) is 5.14. The Balaban J connectivity index is 1.85. The Morgan fingerprint density at radius 3 is 2.75 bits per heavy atom. The Bertz CT molecular complexity index is 549. The molecule has 1 aromatic heterocycles. The summed E-state index contributed by atoms with van der Waals surface area (Å²) in [7, 11) is 0. The molecule has 0 aliphatic rings. The molecule has 1 aromatic carbocycles. The molecule has 0 bridgehead atoms. The Morgan fingerprint density at radius 2 is 2.05 bits per heavy atom. The van der Waals surface area contributed by atoms with Crippen LogP contribution in [0.25, 0.3) is 0 Å². The Kier molecular flexibility index (Phi) is 4.87. The van der Waals surface area contributed by atoms with Crippen molar-refractivity contribution in [1.82, 2.24) is 15.5 Å². The van der Waals surface area contributed by atoms with Crippen molar-refractivity contribution in [3.05, 3.63) is 47.6 Å². The van der Waals surface area contributed by atoms with Gasteiger partial charge in [0.25, 0.3) is 0 Å². The average molecular weight is 273 g/mol. The predicted molar refractivity (Wildman–Crippen MR) is 74.8 cm³/mol. The molecule has 106 valence electrons. The van der Waals surface area contributed by atoms with Crippen LogP contribution in [0.15, 0.2) is 34.9 Å². The third kappa shape index (κ3) is 4.50. The molecule has 0 radical (unpaired) electrons. The second-order valence-electron chi connectivity index (χ2n) is 5.14. The molecule has 5 nitrogen and oxygen atoms in total. The third-order valence-electron chi connectivity index (χ3n) is 2.75. The topological polar surface area (TPSA) is 68.0 Å². The van der Waals surface area contributed by atoms with E-state index in [1.54, 1.807) is 0 Å². The summed E-state index contributed by atoms with van der Waals surface area (Å²) in [5, 5.41) is 6.65. The minimum atomic E-state index is 0.00871. The van der Waals surface area contributed by atoms with Crippen LogP contribution >= 0.6 is 0 Å². The summed E-state index contributed by atoms with van der Waals surface area (Å²) < 4.78 is 5.17. The maximum atomic E-state index is 11.5. The molecular weight excluding hydrogens is 254 g/mol. The molecule has 0 aliphatic carbocycles. The van der Waals surface area contributed by atoms with Gasteiger partial charge < -0.3 is 9.84 Å². The monoisotopic (exact) mass is 273 g/mol. The number of nitrogens with zero attached hydrogens (tertiary/aromatic N) is 2. The molecule has 0 fully saturated rings. The highest BCUT2D eigenvalue weighted by Gasteiger charge is 2.09. The third-order valence-corrected chi connectivity index (χ3v) is 2.75. The maximum Gasteiger partial charge on any atom is 0.231 e. The first-order chi connectivity index (χ1) is 9.63. The fourth-order valence-corrected chi connectivity index (χ4v) is 1.82. The van der Waals surface area contributed by atoms with E-state index < -0.39 is 0 Å². The lowest BCUT2D eigenvalue weighted by atomic mass is 10.1. The van der Waals surface area contributed by atoms with Crippen LogP contribution in [0.1, 0.15) is 37.5 Å². The van der Waals surface area contributed by atoms with Crippen LogP contribution in [0.2, 0.25) is 0 Å². The highest BCUT2D eigenvalue weighted by molar-refractivity contribution is 5.75. The lowest BCUT2D eigenvalue weighted by Gasteiger charge is -2.04. The van der Waals surface area contributed by atoms with Crippen molar-refractivity contribution in [1.29, 1.82) is 0 Å². The zero-order chi connectivity index (χ0) is 14.4. The fraction of sp³-hybridized carbons (Fsp3) is 0.400. The number of rotatable bonds is 6. The summed E-state index contributed by atoms with van der Waals surface area (Å²) in [5.41, 5.74) is 1.12. The minimum Gasteiger partial charge on any atom is -0.349 e. The predicted octanol–water partition coefficient (Wildman–Crippen LogP) is 2.32. The molecule has 2 aromatic rings. The number of hydrogen-bond acceptors (Lipinski definition) is 4. The van der Waals surface area contributed by atoms with E-state index in [9.17, 15) is 4.79 Å². The Morgan fingerprint density at radius 1 is 1.30 bits per heavy atom. The SMILES string of the molecule is CC(C)CC(=O)NCc1noc(Cc2ccccc2)n1. The number of nitrogens with one attached hydrogen (secondary N) is 1. The zero-order valence-corrected chi connectivity index (χ0v) is 11.8. The van der Waals surface area contributed by atoms with Crippen LogP contribution < -0.4 is 5.32 Å². The van der Waals surface area contributed by atoms with Crippen LogP contribution in [0.5, 0.6) is 0 Å². The standard InChI is InChI=1S/C15H19N3O2/c1-11(2)8-14(19)16-10-13-17-15(20-18-13)9-12-6-4-3-5-7-12/h3-7,11H,8-10H2,1-2H3,(H,16,19). The van der Waals surface area contributed by atoms with Gasteiger partial charge in [-0.25, -0.2) is 0 Å². The van der Waals surface area contributed by atoms with Gasteiger partial charge in [0.1, 0.15) is 0 Å². The summed E-state index contributed by atoms with van der Waals surface area (Å²) in [5.74, 6) is 1.42. The van der Waals surface area contributed by atoms with Crippen molar-refractivity contribution < 1.29 is 9.32 Å². The molecule has 0 atom stereocenters. The van der Waals surface area contributed by atoms with Crippen LogP contribution in [-0.4, -0.2) is 16.0 Å². The normalized spacial score (nSPS) is 10.8. The quantitative estimate of drug-likeness (QED) is 0.877. The molecule has 20 heavy (non-hydrogen) atoms. The summed E-state index contributed by atoms with van der Waals surface area (Å²) in [4.78, 5) is 15.8. The van der Waals surface area contributed by atoms with E-state index >= 15 is 0 Å². The van der Waals surface area contributed by atoms with Crippen LogP contribution in [0.4, 0.5) is 0 Å². The van der Waals surface area contributed by atoms with Crippen molar-refractivity contribution >= 4 is 5.91 Å². The van der Waals surface area contributed by atoms with Crippen molar-refractivity contribution in [2.45, 2.75) is 33.2 Å². The van der Waals surface area contributed by atoms with Gasteiger partial charge in [0.05, 0.1) is 13.0 Å². The number of hydrogen-bond donors (Lipinski definition) is 1. The maximum absolute atomic E-state index is 11.5. The largest absolute Gasteiger partial charge is 0.349 e. The number of carbonyl (C=O) groups is 1. The van der Waals surface area contributed by atoms with E-state index in [1.807, 2.05) is 44.2 Å². The van der Waals surface area contributed by atoms with Gasteiger partial charge in [-0.2, -0.15) is 4.98 Å². The van der Waals surface area contributed by atoms with E-state index in [1.165, 1.54) is 0 Å². The van der Waals surface area contributed by atoms with E-state index in [0.29, 0.717) is 37.0 Å². The smallest absolute Gasteiger partial charge is 0.231 e. The Hall–Kier alpha value is -2.17. The molecular formula is C15H19N3O2. The summed E-state index contributed by atoms with van der Waals surface area (Å²) in [6.45, 7) is 4.32. The van der Waals surface area contributed by atoms with Gasteiger partial charge in [-0.05, 0) is 11.5 Å². The van der Waals surface area contributed by atoms with Crippen molar-refractivity contribution in [2.24, 2.45) is 5.92 Å². The van der Waals surface area contributed by atoms with E-state index in [2.05, 4.69) is 15.5 Å². The molecule has 0 saturated carbocycles. The highest BCUT2D eigenvalue weighted by atomic mass is 16.5. The lowest BCUT2D eigenvalue weighted by molar-refractivity contribution is -0.122. The van der Waals surface area contributed by atoms with Gasteiger partial charge >= 0.3 is 0 Å². The van der Waals surface area contributed by atoms with Crippen molar-refractivity contribution in [2.75, 3.05) is 0 Å². The van der Waals surface area contributed by atoms with Gasteiger partial charge in [-0.15, -0.1) is 0 Å². The molecule has 1 amide bonds. The summed E-state index contributed by atoms with van der Waals surface area (Å²) in [6.07, 6.45) is 1.11. The zero-order valence-electron chi connectivity index (χ0n) is 11.8. The average Bonchev–Trinajstić information content (AvgIpc) is 2.84. The Labute approximate surface area is 118 Å². The second kappa shape index (κ2) is 6.84. The van der Waals surface area contributed by atoms with Gasteiger partial charge in [-0.1, -0.05) is 49.3 Å². The lowest BCUT2D eigenvalue weighted by Crippen LogP contribution is -2.24. The molecule has 0 saturated heterocycles. The number of carbonyl (C=O) groups excluding carboxylic acids is 1. The molecule has 5 heteroatoms. The number of aromatic nitrogens is 2. The molecule has 1 N–H and O–H groups in total. The molecule has 0 spiro atoms. The van der Waals surface area contributed by atoms with Crippen molar-refractivity contribution in [3.63, 3.8) is 0 Å². The van der Waals surface area contributed by atoms with E-state index in [0.717, 1.165) is 5.56 Å². The minimum absolute atomic E-state index is 0.00871. The first-order valence-corrected chi connectivity index (χ1v) is 6.75. The fourth-order valence-electron chi connectivity index (χ4n) is 1.82. The first-order valence-electron chi connectivity index (χ1n) is 6.75. The van der Waals surface area contributed by atoms with Crippen LogP contribution in [0.3, 0.4) is 0 Å². The summed E-state index contributed by atoms with van der Waals surface area (Å²) >= 11 is 0. The van der Waals surface area contributed by atoms with Gasteiger partial charge in [0, 0.05) is 6.42 Å². The van der Waals surface area contributed by atoms with Gasteiger partial charge in [-0.3, -0.25) is 4.79 Å². The van der Waals surface area contributed by atoms with E-state index in [4.69, 9.17) is 4.52 Å². The molecule has 1 heterocycles. The molecule has 2 rings (SSSR count). The van der Waals surface area contributed by atoms with E-state index in [-0.39, 0.29) is 5.91 Å². The summed E-state index contributed by atoms with van der Waals surface area (Å²) in [6, 6.07) is 9.92. The molecule has 0 aliphatic heterocycles. The van der Waals surface area contributed by atoms with Crippen LogP contribution in [-0.2, 0) is 17.8 Å². The van der Waals surface area contributed by atoms with Gasteiger partial charge in [0.2, 0.25) is 11.8 Å². The number of benzene rings is 1. The number of amides is 1.